The Balaban J connectivity index is 2.50. The van der Waals surface area contributed by atoms with Crippen molar-refractivity contribution in [1.29, 1.82) is 0 Å². The number of fused-ring (bicyclic) bond motifs is 1. The summed E-state index contributed by atoms with van der Waals surface area (Å²) in [6.45, 7) is 3.99. The van der Waals surface area contributed by atoms with Crippen molar-refractivity contribution >= 4 is 28.2 Å². The van der Waals surface area contributed by atoms with Gasteiger partial charge in [0.05, 0.1) is 17.0 Å². The van der Waals surface area contributed by atoms with E-state index in [1.165, 1.54) is 6.20 Å². The fourth-order valence-electron chi connectivity index (χ4n) is 1.76. The van der Waals surface area contributed by atoms with E-state index in [0.717, 1.165) is 0 Å². The molecule has 0 unspecified atom stereocenters. The van der Waals surface area contributed by atoms with Crippen LogP contribution in [0.3, 0.4) is 0 Å². The third-order valence-corrected chi connectivity index (χ3v) is 2.63. The summed E-state index contributed by atoms with van der Waals surface area (Å²) in [7, 11) is 0. The number of benzene rings is 1. The second-order valence-corrected chi connectivity index (χ2v) is 3.97. The Kier molecular flexibility index (Phi) is 4.09. The van der Waals surface area contributed by atoms with E-state index < -0.39 is 4.92 Å². The van der Waals surface area contributed by atoms with Crippen molar-refractivity contribution in [1.82, 2.24) is 4.98 Å². The summed E-state index contributed by atoms with van der Waals surface area (Å²) in [5.41, 5.74) is 3.54. The Morgan fingerprint density at radius 1 is 1.50 bits per heavy atom. The molecule has 104 valence electrons. The summed E-state index contributed by atoms with van der Waals surface area (Å²) in [4.78, 5) is 14.7. The van der Waals surface area contributed by atoms with Crippen LogP contribution in [0.1, 0.15) is 13.8 Å². The maximum absolute atomic E-state index is 11.1. The first-order valence-electron chi connectivity index (χ1n) is 6.08. The quantitative estimate of drug-likeness (QED) is 0.400. The predicted octanol–water partition coefficient (Wildman–Crippen LogP) is 2.92. The fraction of sp³-hybridized carbons (Fsp3) is 0.231. The molecule has 0 fully saturated rings. The molecule has 1 aromatic heterocycles. The number of rotatable bonds is 4. The van der Waals surface area contributed by atoms with Gasteiger partial charge in [0.25, 0.3) is 0 Å². The van der Waals surface area contributed by atoms with Crippen LogP contribution in [0.5, 0.6) is 0 Å². The van der Waals surface area contributed by atoms with Gasteiger partial charge in [0, 0.05) is 12.3 Å². The van der Waals surface area contributed by atoms with Crippen molar-refractivity contribution in [2.75, 3.05) is 12.0 Å². The van der Waals surface area contributed by atoms with E-state index in [4.69, 9.17) is 4.74 Å². The van der Waals surface area contributed by atoms with Crippen LogP contribution >= 0.6 is 0 Å². The topological polar surface area (TPSA) is 89.6 Å². The third kappa shape index (κ3) is 2.82. The average molecular weight is 274 g/mol. The molecule has 0 saturated carbocycles. The monoisotopic (exact) mass is 274 g/mol. The highest BCUT2D eigenvalue weighted by Gasteiger charge is 2.17. The maximum atomic E-state index is 11.1. The number of hydrogen-bond acceptors (Lipinski definition) is 6. The lowest BCUT2D eigenvalue weighted by molar-refractivity contribution is -0.384. The highest BCUT2D eigenvalue weighted by molar-refractivity contribution is 5.95. The highest BCUT2D eigenvalue weighted by Crippen LogP contribution is 2.31. The first-order chi connectivity index (χ1) is 9.63. The maximum Gasteiger partial charge on any atom is 0.312 e. The summed E-state index contributed by atoms with van der Waals surface area (Å²) in [6.07, 6.45) is 1.22. The van der Waals surface area contributed by atoms with E-state index in [-0.39, 0.29) is 5.69 Å². The molecular formula is C13H14N4O3. The van der Waals surface area contributed by atoms with Crippen molar-refractivity contribution < 1.29 is 9.66 Å². The number of nitrogens with zero attached hydrogens (tertiary/aromatic N) is 3. The second kappa shape index (κ2) is 5.96. The molecule has 0 atom stereocenters. The summed E-state index contributed by atoms with van der Waals surface area (Å²) in [5, 5.41) is 15.7. The van der Waals surface area contributed by atoms with E-state index in [2.05, 4.69) is 15.5 Å². The molecule has 0 bridgehead atoms. The zero-order chi connectivity index (χ0) is 14.5. The molecule has 7 nitrogen and oxygen atoms in total. The van der Waals surface area contributed by atoms with Crippen LogP contribution in [0.4, 0.5) is 11.4 Å². The molecule has 0 spiro atoms. The zero-order valence-corrected chi connectivity index (χ0v) is 11.2. The molecule has 0 radical (unpaired) electrons. The van der Waals surface area contributed by atoms with Crippen molar-refractivity contribution in [2.24, 2.45) is 5.10 Å². The average Bonchev–Trinajstić information content (AvgIpc) is 2.44. The van der Waals surface area contributed by atoms with Gasteiger partial charge in [0.15, 0.2) is 0 Å². The lowest BCUT2D eigenvalue weighted by Crippen LogP contribution is -2.04. The molecule has 2 aromatic rings. The lowest BCUT2D eigenvalue weighted by Gasteiger charge is -2.07. The Hall–Kier alpha value is -2.70. The molecule has 0 aliphatic rings. The first-order valence-corrected chi connectivity index (χ1v) is 6.08. The fourth-order valence-corrected chi connectivity index (χ4v) is 1.76. The summed E-state index contributed by atoms with van der Waals surface area (Å²) < 4.78 is 5.18. The Labute approximate surface area is 115 Å². The number of anilines is 1. The van der Waals surface area contributed by atoms with Crippen molar-refractivity contribution in [3.8, 4) is 0 Å². The molecule has 2 rings (SSSR count). The smallest absolute Gasteiger partial charge is 0.312 e. The molecule has 1 heterocycles. The van der Waals surface area contributed by atoms with E-state index in [9.17, 15) is 10.1 Å². The van der Waals surface area contributed by atoms with Gasteiger partial charge in [0.1, 0.15) is 11.9 Å². The van der Waals surface area contributed by atoms with Crippen LogP contribution in [0.25, 0.3) is 10.9 Å². The van der Waals surface area contributed by atoms with Crippen LogP contribution < -0.4 is 5.43 Å². The molecular weight excluding hydrogens is 260 g/mol. The lowest BCUT2D eigenvalue weighted by atomic mass is 10.2. The van der Waals surface area contributed by atoms with Gasteiger partial charge in [0.2, 0.25) is 5.90 Å². The van der Waals surface area contributed by atoms with Gasteiger partial charge < -0.3 is 4.74 Å². The van der Waals surface area contributed by atoms with Gasteiger partial charge in [-0.2, -0.15) is 0 Å². The number of hydrazone groups is 1. The zero-order valence-electron chi connectivity index (χ0n) is 11.2. The van der Waals surface area contributed by atoms with Gasteiger partial charge in [-0.3, -0.25) is 15.5 Å². The van der Waals surface area contributed by atoms with Gasteiger partial charge in [-0.05, 0) is 13.0 Å². The Morgan fingerprint density at radius 2 is 2.25 bits per heavy atom. The van der Waals surface area contributed by atoms with Crippen molar-refractivity contribution in [3.63, 3.8) is 0 Å². The minimum absolute atomic E-state index is 0.128. The predicted molar refractivity (Wildman–Crippen MR) is 76.8 cm³/mol. The van der Waals surface area contributed by atoms with Gasteiger partial charge in [-0.1, -0.05) is 18.2 Å². The Morgan fingerprint density at radius 3 is 2.95 bits per heavy atom. The van der Waals surface area contributed by atoms with Crippen molar-refractivity contribution in [2.45, 2.75) is 13.8 Å². The normalized spacial score (nSPS) is 11.4. The molecule has 1 aromatic carbocycles. The third-order valence-electron chi connectivity index (χ3n) is 2.63. The number of nitrogens with one attached hydrogen (secondary N) is 1. The van der Waals surface area contributed by atoms with Gasteiger partial charge in [-0.25, -0.2) is 4.98 Å². The van der Waals surface area contributed by atoms with Crippen LogP contribution in [-0.2, 0) is 4.74 Å². The van der Waals surface area contributed by atoms with Crippen molar-refractivity contribution in [3.05, 3.63) is 40.6 Å². The number of nitro groups is 1. The number of pyridine rings is 1. The molecule has 0 saturated heterocycles. The molecule has 1 N–H and O–H groups in total. The SMILES string of the molecule is CCO/C(C)=N\Nc1c([N+](=O)[O-])cnc2ccccc12. The molecule has 0 amide bonds. The minimum Gasteiger partial charge on any atom is -0.480 e. The van der Waals surface area contributed by atoms with Gasteiger partial charge in [-0.15, -0.1) is 5.10 Å². The first kappa shape index (κ1) is 13.7. The van der Waals surface area contributed by atoms with E-state index in [1.54, 1.807) is 25.1 Å². The standard InChI is InChI=1S/C13H14N4O3/c1-3-20-9(2)15-16-13-10-6-4-5-7-11(10)14-8-12(13)17(18)19/h4-8H,3H2,1-2H3,(H,14,16)/b15-9-. The molecule has 20 heavy (non-hydrogen) atoms. The summed E-state index contributed by atoms with van der Waals surface area (Å²) in [6, 6.07) is 7.14. The largest absolute Gasteiger partial charge is 0.480 e. The molecule has 7 heteroatoms. The highest BCUT2D eigenvalue weighted by atomic mass is 16.6. The molecule has 0 aliphatic carbocycles. The molecule has 0 aliphatic heterocycles. The number of para-hydroxylation sites is 1. The summed E-state index contributed by atoms with van der Waals surface area (Å²) in [5.74, 6) is 0.405. The number of aromatic nitrogens is 1. The van der Waals surface area contributed by atoms with E-state index >= 15 is 0 Å². The number of ether oxygens (including phenoxy) is 1. The van der Waals surface area contributed by atoms with Crippen LogP contribution in [0.15, 0.2) is 35.6 Å². The summed E-state index contributed by atoms with van der Waals surface area (Å²) >= 11 is 0. The Bertz CT molecular complexity index is 670. The minimum atomic E-state index is -0.493. The second-order valence-electron chi connectivity index (χ2n) is 3.97. The van der Waals surface area contributed by atoms with Crippen LogP contribution in [0, 0.1) is 10.1 Å². The van der Waals surface area contributed by atoms with Crippen LogP contribution in [0.2, 0.25) is 0 Å². The van der Waals surface area contributed by atoms with Crippen LogP contribution in [-0.4, -0.2) is 22.4 Å². The number of hydrogen-bond donors (Lipinski definition) is 1. The van der Waals surface area contributed by atoms with Gasteiger partial charge >= 0.3 is 5.69 Å². The van der Waals surface area contributed by atoms with E-state index in [0.29, 0.717) is 29.1 Å². The van der Waals surface area contributed by atoms with E-state index in [1.807, 2.05) is 13.0 Å².